The summed E-state index contributed by atoms with van der Waals surface area (Å²) in [5, 5.41) is 3.25. The lowest BCUT2D eigenvalue weighted by molar-refractivity contribution is 0.553. The largest absolute Gasteiger partial charge is 0.472 e. The second-order valence-electron chi connectivity index (χ2n) is 3.81. The van der Waals surface area contributed by atoms with E-state index in [1.54, 1.807) is 29.4 Å². The molecule has 0 aliphatic carbocycles. The summed E-state index contributed by atoms with van der Waals surface area (Å²) < 4.78 is 8.08. The summed E-state index contributed by atoms with van der Waals surface area (Å²) in [6.45, 7) is 2.07. The molecule has 2 rings (SSSR count). The van der Waals surface area contributed by atoms with Gasteiger partial charge in [0.2, 0.25) is 0 Å². The molecular weight excluding hydrogens is 364 g/mol. The van der Waals surface area contributed by atoms with Crippen LogP contribution >= 0.6 is 31.9 Å². The van der Waals surface area contributed by atoms with E-state index in [4.69, 9.17) is 4.42 Å². The molecule has 0 saturated carbocycles. The van der Waals surface area contributed by atoms with Gasteiger partial charge in [0, 0.05) is 35.9 Å². The number of pyridine rings is 1. The molecule has 0 radical (unpaired) electrons. The van der Waals surface area contributed by atoms with Crippen LogP contribution in [0.4, 0.5) is 0 Å². The van der Waals surface area contributed by atoms with Crippen molar-refractivity contribution in [3.63, 3.8) is 0 Å². The highest BCUT2D eigenvalue weighted by Gasteiger charge is 2.02. The van der Waals surface area contributed by atoms with Crippen molar-refractivity contribution in [3.8, 4) is 0 Å². The molecule has 0 aliphatic heterocycles. The molecule has 2 aromatic rings. The van der Waals surface area contributed by atoms with E-state index in [0.717, 1.165) is 16.6 Å². The molecular formula is C12H12Br2N2O2. The molecule has 0 saturated heterocycles. The molecule has 4 nitrogen and oxygen atoms in total. The second kappa shape index (κ2) is 6.36. The zero-order chi connectivity index (χ0) is 13.0. The van der Waals surface area contributed by atoms with Crippen LogP contribution in [0.3, 0.4) is 0 Å². The fraction of sp³-hybridized carbons (Fsp3) is 0.250. The van der Waals surface area contributed by atoms with Crippen molar-refractivity contribution in [1.82, 2.24) is 9.88 Å². The zero-order valence-corrected chi connectivity index (χ0v) is 12.7. The highest BCUT2D eigenvalue weighted by molar-refractivity contribution is 9.11. The monoisotopic (exact) mass is 374 g/mol. The van der Waals surface area contributed by atoms with Crippen LogP contribution in [-0.2, 0) is 13.1 Å². The van der Waals surface area contributed by atoms with Gasteiger partial charge in [-0.15, -0.1) is 0 Å². The Balaban J connectivity index is 1.89. The highest BCUT2D eigenvalue weighted by atomic mass is 79.9. The fourth-order valence-corrected chi connectivity index (χ4v) is 2.81. The number of nitrogens with zero attached hydrogens (tertiary/aromatic N) is 1. The van der Waals surface area contributed by atoms with Gasteiger partial charge in [-0.1, -0.05) is 0 Å². The number of halogens is 2. The van der Waals surface area contributed by atoms with Crippen LogP contribution in [0.1, 0.15) is 5.56 Å². The Bertz CT molecular complexity index is 564. The molecule has 0 spiro atoms. The first-order valence-corrected chi connectivity index (χ1v) is 7.02. The third-order valence-electron chi connectivity index (χ3n) is 2.45. The Hall–Kier alpha value is -0.850. The minimum Gasteiger partial charge on any atom is -0.472 e. The van der Waals surface area contributed by atoms with E-state index in [0.29, 0.717) is 17.6 Å². The molecule has 96 valence electrons. The summed E-state index contributed by atoms with van der Waals surface area (Å²) in [5.74, 6) is 0. The van der Waals surface area contributed by atoms with E-state index in [2.05, 4.69) is 37.2 Å². The first kappa shape index (κ1) is 13.6. The van der Waals surface area contributed by atoms with Gasteiger partial charge in [-0.2, -0.15) is 0 Å². The maximum Gasteiger partial charge on any atom is 0.264 e. The first-order valence-electron chi connectivity index (χ1n) is 5.44. The van der Waals surface area contributed by atoms with Gasteiger partial charge in [-0.25, -0.2) is 0 Å². The number of hydrogen-bond donors (Lipinski definition) is 1. The quantitative estimate of drug-likeness (QED) is 0.817. The number of nitrogens with one attached hydrogen (secondary N) is 1. The van der Waals surface area contributed by atoms with Crippen LogP contribution in [0, 0.1) is 0 Å². The van der Waals surface area contributed by atoms with Crippen molar-refractivity contribution in [3.05, 3.63) is 55.7 Å². The van der Waals surface area contributed by atoms with Gasteiger partial charge in [0.05, 0.1) is 17.0 Å². The van der Waals surface area contributed by atoms with Gasteiger partial charge in [0.1, 0.15) is 0 Å². The molecule has 0 unspecified atom stereocenters. The topological polar surface area (TPSA) is 47.2 Å². The third kappa shape index (κ3) is 3.57. The summed E-state index contributed by atoms with van der Waals surface area (Å²) in [7, 11) is 0. The van der Waals surface area contributed by atoms with Crippen LogP contribution in [0.5, 0.6) is 0 Å². The maximum atomic E-state index is 11.8. The maximum absolute atomic E-state index is 11.8. The van der Waals surface area contributed by atoms with Gasteiger partial charge >= 0.3 is 0 Å². The summed E-state index contributed by atoms with van der Waals surface area (Å²) in [6, 6.07) is 3.66. The molecule has 2 aromatic heterocycles. The molecule has 1 N–H and O–H groups in total. The molecule has 6 heteroatoms. The van der Waals surface area contributed by atoms with Crippen molar-refractivity contribution in [2.45, 2.75) is 13.1 Å². The average molecular weight is 376 g/mol. The minimum atomic E-state index is -0.0247. The molecule has 0 aliphatic rings. The van der Waals surface area contributed by atoms with Gasteiger partial charge in [-0.05, 0) is 44.0 Å². The van der Waals surface area contributed by atoms with Gasteiger partial charge in [-0.3, -0.25) is 4.79 Å². The average Bonchev–Trinajstić information content (AvgIpc) is 2.83. The number of rotatable bonds is 5. The van der Waals surface area contributed by atoms with E-state index in [9.17, 15) is 4.79 Å². The first-order chi connectivity index (χ1) is 8.66. The summed E-state index contributed by atoms with van der Waals surface area (Å²) in [6.07, 6.45) is 5.13. The Morgan fingerprint density at radius 3 is 2.94 bits per heavy atom. The molecule has 0 aromatic carbocycles. The Labute approximate surface area is 121 Å². The smallest absolute Gasteiger partial charge is 0.264 e. The van der Waals surface area contributed by atoms with Crippen molar-refractivity contribution >= 4 is 31.9 Å². The van der Waals surface area contributed by atoms with E-state index < -0.39 is 0 Å². The standard InChI is InChI=1S/C12H12Br2N2O2/c13-10-5-11(14)12(17)16(7-10)3-2-15-6-9-1-4-18-8-9/h1,4-5,7-8,15H,2-3,6H2. The Morgan fingerprint density at radius 2 is 2.22 bits per heavy atom. The van der Waals surface area contributed by atoms with Crippen LogP contribution < -0.4 is 10.9 Å². The molecule has 0 amide bonds. The van der Waals surface area contributed by atoms with E-state index in [-0.39, 0.29) is 5.56 Å². The number of aromatic nitrogens is 1. The highest BCUT2D eigenvalue weighted by Crippen LogP contribution is 2.12. The van der Waals surface area contributed by atoms with Crippen LogP contribution in [0.15, 0.2) is 49.0 Å². The lowest BCUT2D eigenvalue weighted by atomic mass is 10.3. The SMILES string of the molecule is O=c1c(Br)cc(Br)cn1CCNCc1ccoc1. The third-order valence-corrected chi connectivity index (χ3v) is 3.45. The predicted molar refractivity (Wildman–Crippen MR) is 76.5 cm³/mol. The van der Waals surface area contributed by atoms with E-state index in [1.807, 2.05) is 6.07 Å². The van der Waals surface area contributed by atoms with Gasteiger partial charge in [0.15, 0.2) is 0 Å². The van der Waals surface area contributed by atoms with Crippen molar-refractivity contribution < 1.29 is 4.42 Å². The summed E-state index contributed by atoms with van der Waals surface area (Å²) in [4.78, 5) is 11.8. The molecule has 0 bridgehead atoms. The van der Waals surface area contributed by atoms with Crippen LogP contribution in [-0.4, -0.2) is 11.1 Å². The molecule has 18 heavy (non-hydrogen) atoms. The van der Waals surface area contributed by atoms with Crippen LogP contribution in [0.25, 0.3) is 0 Å². The van der Waals surface area contributed by atoms with Crippen molar-refractivity contribution in [2.75, 3.05) is 6.54 Å². The van der Waals surface area contributed by atoms with Crippen LogP contribution in [0.2, 0.25) is 0 Å². The van der Waals surface area contributed by atoms with E-state index >= 15 is 0 Å². The number of furan rings is 1. The van der Waals surface area contributed by atoms with Crippen molar-refractivity contribution in [1.29, 1.82) is 0 Å². The second-order valence-corrected chi connectivity index (χ2v) is 5.58. The Kier molecular flexibility index (Phi) is 4.79. The summed E-state index contributed by atoms with van der Waals surface area (Å²) >= 11 is 6.61. The fourth-order valence-electron chi connectivity index (χ4n) is 1.56. The predicted octanol–water partition coefficient (Wildman–Crippen LogP) is 2.76. The molecule has 0 fully saturated rings. The minimum absolute atomic E-state index is 0.0247. The number of hydrogen-bond acceptors (Lipinski definition) is 3. The molecule has 2 heterocycles. The lowest BCUT2D eigenvalue weighted by Crippen LogP contribution is -2.26. The normalized spacial score (nSPS) is 10.8. The Morgan fingerprint density at radius 1 is 1.39 bits per heavy atom. The van der Waals surface area contributed by atoms with E-state index in [1.165, 1.54) is 0 Å². The van der Waals surface area contributed by atoms with Crippen molar-refractivity contribution in [2.24, 2.45) is 0 Å². The molecule has 0 atom stereocenters. The van der Waals surface area contributed by atoms with Gasteiger partial charge in [0.25, 0.3) is 5.56 Å². The summed E-state index contributed by atoms with van der Waals surface area (Å²) in [5.41, 5.74) is 1.07. The zero-order valence-electron chi connectivity index (χ0n) is 9.53. The lowest BCUT2D eigenvalue weighted by Gasteiger charge is -2.07. The van der Waals surface area contributed by atoms with Gasteiger partial charge < -0.3 is 14.3 Å².